The van der Waals surface area contributed by atoms with Crippen LogP contribution < -0.4 is 5.32 Å². The molecule has 1 nitrogen and oxygen atoms in total. The Kier molecular flexibility index (Phi) is 2.69. The molecule has 0 aliphatic carbocycles. The zero-order valence-corrected chi connectivity index (χ0v) is 7.81. The van der Waals surface area contributed by atoms with E-state index in [4.69, 9.17) is 0 Å². The SMILES string of the molecule is c1ccc([C@@H]2CNCCS2)cc1. The van der Waals surface area contributed by atoms with E-state index in [1.54, 1.807) is 0 Å². The van der Waals surface area contributed by atoms with E-state index in [1.165, 1.54) is 11.3 Å². The highest BCUT2D eigenvalue weighted by atomic mass is 32.2. The van der Waals surface area contributed by atoms with E-state index in [2.05, 4.69) is 47.4 Å². The van der Waals surface area contributed by atoms with Crippen LogP contribution in [0.1, 0.15) is 10.8 Å². The fourth-order valence-corrected chi connectivity index (χ4v) is 2.58. The molecule has 1 atom stereocenters. The lowest BCUT2D eigenvalue weighted by Gasteiger charge is -2.22. The first-order valence-corrected chi connectivity index (χ1v) is 5.39. The standard InChI is InChI=1S/C10H13NS/c1-2-4-9(5-3-1)10-8-11-6-7-12-10/h1-5,10-11H,6-8H2/t10-/m0/s1. The minimum atomic E-state index is 0.667. The van der Waals surface area contributed by atoms with E-state index >= 15 is 0 Å². The molecule has 0 saturated carbocycles. The molecule has 1 N–H and O–H groups in total. The first kappa shape index (κ1) is 8.14. The number of thioether (sulfide) groups is 1. The molecular weight excluding hydrogens is 166 g/mol. The Morgan fingerprint density at radius 3 is 2.75 bits per heavy atom. The zero-order chi connectivity index (χ0) is 8.23. The highest BCUT2D eigenvalue weighted by Gasteiger charge is 2.14. The smallest absolute Gasteiger partial charge is 0.0422 e. The number of nitrogens with one attached hydrogen (secondary N) is 1. The van der Waals surface area contributed by atoms with Crippen LogP contribution in [0.25, 0.3) is 0 Å². The predicted molar refractivity (Wildman–Crippen MR) is 54.5 cm³/mol. The maximum absolute atomic E-state index is 3.41. The fraction of sp³-hybridized carbons (Fsp3) is 0.400. The number of benzene rings is 1. The first-order valence-electron chi connectivity index (χ1n) is 4.34. The maximum atomic E-state index is 3.41. The van der Waals surface area contributed by atoms with E-state index in [-0.39, 0.29) is 0 Å². The Balaban J connectivity index is 2.08. The number of hydrogen-bond acceptors (Lipinski definition) is 2. The van der Waals surface area contributed by atoms with Crippen molar-refractivity contribution in [2.24, 2.45) is 0 Å². The highest BCUT2D eigenvalue weighted by Crippen LogP contribution is 2.29. The van der Waals surface area contributed by atoms with Gasteiger partial charge in [-0.2, -0.15) is 11.8 Å². The Morgan fingerprint density at radius 2 is 2.08 bits per heavy atom. The molecule has 1 saturated heterocycles. The van der Waals surface area contributed by atoms with Crippen LogP contribution in [0, 0.1) is 0 Å². The molecule has 1 aromatic rings. The van der Waals surface area contributed by atoms with Gasteiger partial charge < -0.3 is 5.32 Å². The van der Waals surface area contributed by atoms with Gasteiger partial charge in [0.25, 0.3) is 0 Å². The van der Waals surface area contributed by atoms with Gasteiger partial charge in [-0.25, -0.2) is 0 Å². The molecule has 64 valence electrons. The molecule has 0 bridgehead atoms. The Bertz CT molecular complexity index is 229. The molecule has 1 aliphatic rings. The van der Waals surface area contributed by atoms with Gasteiger partial charge in [0, 0.05) is 24.1 Å². The maximum Gasteiger partial charge on any atom is 0.0422 e. The van der Waals surface area contributed by atoms with E-state index in [9.17, 15) is 0 Å². The Hall–Kier alpha value is -0.470. The van der Waals surface area contributed by atoms with E-state index in [1.807, 2.05) is 0 Å². The van der Waals surface area contributed by atoms with Crippen LogP contribution in [0.5, 0.6) is 0 Å². The van der Waals surface area contributed by atoms with Crippen molar-refractivity contribution in [1.29, 1.82) is 0 Å². The first-order chi connectivity index (χ1) is 5.97. The van der Waals surface area contributed by atoms with E-state index in [0.717, 1.165) is 13.1 Å². The molecular formula is C10H13NS. The van der Waals surface area contributed by atoms with Gasteiger partial charge in [-0.1, -0.05) is 30.3 Å². The van der Waals surface area contributed by atoms with Crippen molar-refractivity contribution in [3.8, 4) is 0 Å². The molecule has 1 aliphatic heterocycles. The van der Waals surface area contributed by atoms with Crippen LogP contribution in [-0.2, 0) is 0 Å². The van der Waals surface area contributed by atoms with Gasteiger partial charge in [0.05, 0.1) is 0 Å². The van der Waals surface area contributed by atoms with Crippen LogP contribution in [0.3, 0.4) is 0 Å². The van der Waals surface area contributed by atoms with Crippen molar-refractivity contribution >= 4 is 11.8 Å². The third-order valence-corrected chi connectivity index (χ3v) is 3.38. The summed E-state index contributed by atoms with van der Waals surface area (Å²) in [5, 5.41) is 4.08. The largest absolute Gasteiger partial charge is 0.314 e. The lowest BCUT2D eigenvalue weighted by atomic mass is 10.1. The minimum Gasteiger partial charge on any atom is -0.314 e. The Morgan fingerprint density at radius 1 is 1.25 bits per heavy atom. The van der Waals surface area contributed by atoms with Crippen LogP contribution in [0.4, 0.5) is 0 Å². The second-order valence-electron chi connectivity index (χ2n) is 2.97. The molecule has 1 fully saturated rings. The van der Waals surface area contributed by atoms with Crippen molar-refractivity contribution in [3.05, 3.63) is 35.9 Å². The van der Waals surface area contributed by atoms with E-state index in [0.29, 0.717) is 5.25 Å². The molecule has 12 heavy (non-hydrogen) atoms. The Labute approximate surface area is 77.6 Å². The summed E-state index contributed by atoms with van der Waals surface area (Å²) >= 11 is 2.05. The summed E-state index contributed by atoms with van der Waals surface area (Å²) in [6.07, 6.45) is 0. The highest BCUT2D eigenvalue weighted by molar-refractivity contribution is 7.99. The molecule has 2 heteroatoms. The lowest BCUT2D eigenvalue weighted by Crippen LogP contribution is -2.27. The molecule has 1 heterocycles. The number of hydrogen-bond donors (Lipinski definition) is 1. The van der Waals surface area contributed by atoms with E-state index < -0.39 is 0 Å². The summed E-state index contributed by atoms with van der Waals surface area (Å²) in [6, 6.07) is 10.7. The summed E-state index contributed by atoms with van der Waals surface area (Å²) in [5.41, 5.74) is 1.45. The van der Waals surface area contributed by atoms with Crippen LogP contribution >= 0.6 is 11.8 Å². The molecule has 1 aromatic carbocycles. The van der Waals surface area contributed by atoms with Crippen molar-refractivity contribution in [2.75, 3.05) is 18.8 Å². The van der Waals surface area contributed by atoms with Gasteiger partial charge in [0.1, 0.15) is 0 Å². The molecule has 2 rings (SSSR count). The monoisotopic (exact) mass is 179 g/mol. The lowest BCUT2D eigenvalue weighted by molar-refractivity contribution is 0.689. The average molecular weight is 179 g/mol. The van der Waals surface area contributed by atoms with Crippen molar-refractivity contribution < 1.29 is 0 Å². The van der Waals surface area contributed by atoms with Crippen molar-refractivity contribution in [2.45, 2.75) is 5.25 Å². The van der Waals surface area contributed by atoms with Crippen LogP contribution in [0.15, 0.2) is 30.3 Å². The summed E-state index contributed by atoms with van der Waals surface area (Å²) in [5.74, 6) is 1.24. The topological polar surface area (TPSA) is 12.0 Å². The third kappa shape index (κ3) is 1.82. The van der Waals surface area contributed by atoms with Gasteiger partial charge in [0.2, 0.25) is 0 Å². The molecule has 0 unspecified atom stereocenters. The van der Waals surface area contributed by atoms with Crippen molar-refractivity contribution in [3.63, 3.8) is 0 Å². The summed E-state index contributed by atoms with van der Waals surface area (Å²) in [6.45, 7) is 2.28. The average Bonchev–Trinajstić information content (AvgIpc) is 2.21. The van der Waals surface area contributed by atoms with Gasteiger partial charge in [-0.15, -0.1) is 0 Å². The molecule has 0 aromatic heterocycles. The summed E-state index contributed by atoms with van der Waals surface area (Å²) < 4.78 is 0. The zero-order valence-electron chi connectivity index (χ0n) is 6.99. The normalized spacial score (nSPS) is 23.8. The fourth-order valence-electron chi connectivity index (χ4n) is 1.45. The molecule has 0 amide bonds. The van der Waals surface area contributed by atoms with Crippen LogP contribution in [0.2, 0.25) is 0 Å². The predicted octanol–water partition coefficient (Wildman–Crippen LogP) is 2.06. The minimum absolute atomic E-state index is 0.667. The summed E-state index contributed by atoms with van der Waals surface area (Å²) in [7, 11) is 0. The van der Waals surface area contributed by atoms with Gasteiger partial charge in [-0.05, 0) is 5.56 Å². The van der Waals surface area contributed by atoms with Crippen molar-refractivity contribution in [1.82, 2.24) is 5.32 Å². The van der Waals surface area contributed by atoms with Crippen LogP contribution in [-0.4, -0.2) is 18.8 Å². The van der Waals surface area contributed by atoms with Gasteiger partial charge in [0.15, 0.2) is 0 Å². The second-order valence-corrected chi connectivity index (χ2v) is 4.28. The molecule has 0 spiro atoms. The third-order valence-electron chi connectivity index (χ3n) is 2.10. The number of rotatable bonds is 1. The molecule has 0 radical (unpaired) electrons. The van der Waals surface area contributed by atoms with Gasteiger partial charge >= 0.3 is 0 Å². The quantitative estimate of drug-likeness (QED) is 0.708. The summed E-state index contributed by atoms with van der Waals surface area (Å²) in [4.78, 5) is 0. The van der Waals surface area contributed by atoms with Gasteiger partial charge in [-0.3, -0.25) is 0 Å². The second kappa shape index (κ2) is 3.97.